The van der Waals surface area contributed by atoms with E-state index < -0.39 is 0 Å². The molecule has 8 heteroatoms. The van der Waals surface area contributed by atoms with Gasteiger partial charge in [0.25, 0.3) is 0 Å². The summed E-state index contributed by atoms with van der Waals surface area (Å²) in [6.07, 6.45) is 0.634. The monoisotopic (exact) mass is 354 g/mol. The molecule has 0 aliphatic carbocycles. The maximum atomic E-state index is 12.1. The number of hydrogen-bond donors (Lipinski definition) is 1. The number of carbonyl (C=O) groups excluding carboxylic acids is 1. The molecule has 4 rings (SSSR count). The van der Waals surface area contributed by atoms with Crippen molar-refractivity contribution in [2.24, 2.45) is 0 Å². The van der Waals surface area contributed by atoms with Crippen LogP contribution < -0.4 is 5.32 Å². The van der Waals surface area contributed by atoms with Gasteiger partial charge in [-0.05, 0) is 29.6 Å². The van der Waals surface area contributed by atoms with E-state index in [-0.39, 0.29) is 12.3 Å². The molecule has 0 aliphatic heterocycles. The van der Waals surface area contributed by atoms with Gasteiger partial charge in [0, 0.05) is 36.4 Å². The van der Waals surface area contributed by atoms with Crippen LogP contribution in [-0.2, 0) is 11.2 Å². The lowest BCUT2D eigenvalue weighted by atomic mass is 10.2. The standard InChI is InChI=1S/C17H14N4O3S/c1-10-18-13-8-12(2-3-14(13)23-10)19-15(22)4-5-16-20-21-17(24-16)11-6-7-25-9-11/h2-3,6-9H,4-5H2,1H3,(H,19,22). The van der Waals surface area contributed by atoms with Crippen LogP contribution in [0.1, 0.15) is 18.2 Å². The predicted octanol–water partition coefficient (Wildman–Crippen LogP) is 3.82. The first-order valence-electron chi connectivity index (χ1n) is 7.69. The normalized spacial score (nSPS) is 11.1. The Morgan fingerprint density at radius 3 is 3.00 bits per heavy atom. The highest BCUT2D eigenvalue weighted by atomic mass is 32.1. The number of thiophene rings is 1. The number of oxazole rings is 1. The summed E-state index contributed by atoms with van der Waals surface area (Å²) in [5.41, 5.74) is 2.98. The predicted molar refractivity (Wildman–Crippen MR) is 93.3 cm³/mol. The molecule has 0 spiro atoms. The summed E-state index contributed by atoms with van der Waals surface area (Å²) in [7, 11) is 0. The van der Waals surface area contributed by atoms with Gasteiger partial charge in [-0.2, -0.15) is 11.3 Å². The van der Waals surface area contributed by atoms with Crippen molar-refractivity contribution in [3.05, 3.63) is 46.8 Å². The molecule has 25 heavy (non-hydrogen) atoms. The first-order valence-corrected chi connectivity index (χ1v) is 8.64. The quantitative estimate of drug-likeness (QED) is 0.585. The summed E-state index contributed by atoms with van der Waals surface area (Å²) in [6.45, 7) is 1.78. The van der Waals surface area contributed by atoms with Crippen molar-refractivity contribution in [1.29, 1.82) is 0 Å². The lowest BCUT2D eigenvalue weighted by Gasteiger charge is -2.03. The Morgan fingerprint density at radius 1 is 1.24 bits per heavy atom. The number of anilines is 1. The molecule has 0 saturated heterocycles. The molecule has 0 fully saturated rings. The molecule has 1 N–H and O–H groups in total. The van der Waals surface area contributed by atoms with Crippen LogP contribution in [0.25, 0.3) is 22.6 Å². The maximum Gasteiger partial charge on any atom is 0.248 e. The molecule has 0 radical (unpaired) electrons. The number of amides is 1. The minimum Gasteiger partial charge on any atom is -0.441 e. The van der Waals surface area contributed by atoms with Crippen molar-refractivity contribution in [2.45, 2.75) is 19.8 Å². The van der Waals surface area contributed by atoms with E-state index >= 15 is 0 Å². The van der Waals surface area contributed by atoms with Crippen molar-refractivity contribution in [3.8, 4) is 11.5 Å². The van der Waals surface area contributed by atoms with E-state index in [0.717, 1.165) is 5.56 Å². The molecule has 3 heterocycles. The summed E-state index contributed by atoms with van der Waals surface area (Å²) in [6, 6.07) is 7.27. The zero-order valence-electron chi connectivity index (χ0n) is 13.4. The SMILES string of the molecule is Cc1nc2cc(NC(=O)CCc3nnc(-c4ccsc4)o3)ccc2o1. The van der Waals surface area contributed by atoms with Gasteiger partial charge in [0.1, 0.15) is 5.52 Å². The Hall–Kier alpha value is -3.00. The van der Waals surface area contributed by atoms with E-state index in [1.54, 1.807) is 36.5 Å². The fourth-order valence-electron chi connectivity index (χ4n) is 2.42. The van der Waals surface area contributed by atoms with Gasteiger partial charge < -0.3 is 14.2 Å². The summed E-state index contributed by atoms with van der Waals surface area (Å²) in [5.74, 6) is 1.38. The molecule has 0 unspecified atom stereocenters. The summed E-state index contributed by atoms with van der Waals surface area (Å²) in [5, 5.41) is 14.7. The number of carbonyl (C=O) groups is 1. The zero-order chi connectivity index (χ0) is 17.2. The third-order valence-electron chi connectivity index (χ3n) is 3.58. The first kappa shape index (κ1) is 15.5. The summed E-state index contributed by atoms with van der Waals surface area (Å²) < 4.78 is 11.0. The van der Waals surface area contributed by atoms with Gasteiger partial charge in [0.15, 0.2) is 11.5 Å². The number of aromatic nitrogens is 3. The lowest BCUT2D eigenvalue weighted by Crippen LogP contribution is -2.12. The Labute approximate surface area is 146 Å². The van der Waals surface area contributed by atoms with E-state index in [4.69, 9.17) is 8.83 Å². The molecule has 3 aromatic heterocycles. The molecule has 0 bridgehead atoms. The van der Waals surface area contributed by atoms with Crippen molar-refractivity contribution in [3.63, 3.8) is 0 Å². The highest BCUT2D eigenvalue weighted by Crippen LogP contribution is 2.22. The molecule has 0 atom stereocenters. The third kappa shape index (κ3) is 3.43. The molecule has 1 amide bonds. The summed E-state index contributed by atoms with van der Waals surface area (Å²) in [4.78, 5) is 16.4. The fraction of sp³-hybridized carbons (Fsp3) is 0.176. The average Bonchev–Trinajstić information content (AvgIpc) is 3.32. The first-order chi connectivity index (χ1) is 12.2. The van der Waals surface area contributed by atoms with Crippen LogP contribution in [0.2, 0.25) is 0 Å². The van der Waals surface area contributed by atoms with E-state index in [1.807, 2.05) is 16.8 Å². The van der Waals surface area contributed by atoms with Gasteiger partial charge in [0.2, 0.25) is 17.7 Å². The Bertz CT molecular complexity index is 1020. The molecule has 7 nitrogen and oxygen atoms in total. The van der Waals surface area contributed by atoms with Gasteiger partial charge in [-0.25, -0.2) is 4.98 Å². The van der Waals surface area contributed by atoms with Gasteiger partial charge >= 0.3 is 0 Å². The van der Waals surface area contributed by atoms with Crippen molar-refractivity contribution < 1.29 is 13.6 Å². The molecule has 1 aromatic carbocycles. The minimum atomic E-state index is -0.130. The largest absolute Gasteiger partial charge is 0.441 e. The number of aryl methyl sites for hydroxylation is 2. The van der Waals surface area contributed by atoms with Crippen LogP contribution in [0.5, 0.6) is 0 Å². The van der Waals surface area contributed by atoms with Crippen LogP contribution in [0.15, 0.2) is 43.9 Å². The van der Waals surface area contributed by atoms with Gasteiger partial charge in [-0.1, -0.05) is 0 Å². The highest BCUT2D eigenvalue weighted by Gasteiger charge is 2.11. The van der Waals surface area contributed by atoms with E-state index in [2.05, 4.69) is 20.5 Å². The number of rotatable bonds is 5. The second-order valence-corrected chi connectivity index (χ2v) is 6.26. The van der Waals surface area contributed by atoms with Crippen molar-refractivity contribution >= 4 is 34.0 Å². The smallest absolute Gasteiger partial charge is 0.248 e. The number of nitrogens with one attached hydrogen (secondary N) is 1. The topological polar surface area (TPSA) is 94.1 Å². The number of benzene rings is 1. The van der Waals surface area contributed by atoms with E-state index in [9.17, 15) is 4.79 Å². The second-order valence-electron chi connectivity index (χ2n) is 5.48. The van der Waals surface area contributed by atoms with E-state index in [1.165, 1.54) is 0 Å². The number of fused-ring (bicyclic) bond motifs is 1. The molecule has 0 saturated carbocycles. The van der Waals surface area contributed by atoms with Crippen molar-refractivity contribution in [2.75, 3.05) is 5.32 Å². The number of nitrogens with zero attached hydrogens (tertiary/aromatic N) is 3. The fourth-order valence-corrected chi connectivity index (χ4v) is 3.05. The Kier molecular flexibility index (Phi) is 4.02. The van der Waals surface area contributed by atoms with Crippen LogP contribution in [0.4, 0.5) is 5.69 Å². The molecule has 126 valence electrons. The number of hydrogen-bond acceptors (Lipinski definition) is 7. The van der Waals surface area contributed by atoms with Crippen LogP contribution >= 0.6 is 11.3 Å². The van der Waals surface area contributed by atoms with Gasteiger partial charge in [0.05, 0.1) is 0 Å². The van der Waals surface area contributed by atoms with Crippen LogP contribution in [0, 0.1) is 6.92 Å². The maximum absolute atomic E-state index is 12.1. The minimum absolute atomic E-state index is 0.130. The Morgan fingerprint density at radius 2 is 2.16 bits per heavy atom. The zero-order valence-corrected chi connectivity index (χ0v) is 14.2. The van der Waals surface area contributed by atoms with E-state index in [0.29, 0.717) is 40.9 Å². The van der Waals surface area contributed by atoms with Gasteiger partial charge in [-0.15, -0.1) is 10.2 Å². The summed E-state index contributed by atoms with van der Waals surface area (Å²) >= 11 is 1.56. The second kappa shape index (κ2) is 6.48. The Balaban J connectivity index is 1.37. The molecule has 4 aromatic rings. The average molecular weight is 354 g/mol. The van der Waals surface area contributed by atoms with Crippen LogP contribution in [-0.4, -0.2) is 21.1 Å². The highest BCUT2D eigenvalue weighted by molar-refractivity contribution is 7.08. The molecule has 0 aliphatic rings. The van der Waals surface area contributed by atoms with Crippen LogP contribution in [0.3, 0.4) is 0 Å². The van der Waals surface area contributed by atoms with Gasteiger partial charge in [-0.3, -0.25) is 4.79 Å². The van der Waals surface area contributed by atoms with Crippen molar-refractivity contribution in [1.82, 2.24) is 15.2 Å². The lowest BCUT2D eigenvalue weighted by molar-refractivity contribution is -0.116. The molecular formula is C17H14N4O3S. The molecular weight excluding hydrogens is 340 g/mol. The third-order valence-corrected chi connectivity index (χ3v) is 4.26.